The van der Waals surface area contributed by atoms with E-state index in [1.54, 1.807) is 12.1 Å². The number of hydrogen-bond acceptors (Lipinski definition) is 5. The molecule has 2 heterocycles. The Morgan fingerprint density at radius 1 is 1.26 bits per heavy atom. The third-order valence-corrected chi connectivity index (χ3v) is 3.64. The normalized spacial score (nSPS) is 18.8. The zero-order valence-electron chi connectivity index (χ0n) is 12.0. The number of aliphatic hydroxyl groups excluding tert-OH is 1. The second-order valence-corrected chi connectivity index (χ2v) is 5.22. The quantitative estimate of drug-likeness (QED) is 0.883. The molecule has 9 heteroatoms. The minimum Gasteiger partial charge on any atom is -0.393 e. The van der Waals surface area contributed by atoms with Gasteiger partial charge in [-0.25, -0.2) is 9.97 Å². The first kappa shape index (κ1) is 15.5. The Balaban J connectivity index is 2.16. The lowest BCUT2D eigenvalue weighted by molar-refractivity contribution is -0.141. The molecule has 0 spiro atoms. The summed E-state index contributed by atoms with van der Waals surface area (Å²) in [4.78, 5) is 7.77. The number of anilines is 1. The van der Waals surface area contributed by atoms with Crippen LogP contribution in [-0.2, 0) is 6.18 Å². The molecular weight excluding hydrogens is 311 g/mol. The molecule has 3 rings (SSSR count). The van der Waals surface area contributed by atoms with Gasteiger partial charge in [-0.3, -0.25) is 0 Å². The summed E-state index contributed by atoms with van der Waals surface area (Å²) < 4.78 is 40.9. The van der Waals surface area contributed by atoms with Crippen LogP contribution in [0, 0.1) is 0 Å². The zero-order chi connectivity index (χ0) is 16.6. The van der Waals surface area contributed by atoms with Crippen molar-refractivity contribution in [1.29, 1.82) is 0 Å². The minimum absolute atomic E-state index is 0.0294. The zero-order valence-corrected chi connectivity index (χ0v) is 12.0. The van der Waals surface area contributed by atoms with Crippen molar-refractivity contribution in [2.24, 2.45) is 0 Å². The van der Waals surface area contributed by atoms with Gasteiger partial charge in [-0.05, 0) is 30.9 Å². The maximum atomic E-state index is 13.3. The van der Waals surface area contributed by atoms with Gasteiger partial charge >= 0.3 is 6.18 Å². The summed E-state index contributed by atoms with van der Waals surface area (Å²) in [6.45, 7) is 0. The van der Waals surface area contributed by atoms with E-state index in [9.17, 15) is 18.3 Å². The van der Waals surface area contributed by atoms with Gasteiger partial charge in [0.2, 0.25) is 0 Å². The van der Waals surface area contributed by atoms with E-state index < -0.39 is 18.0 Å². The highest BCUT2D eigenvalue weighted by atomic mass is 19.4. The molecule has 0 bridgehead atoms. The third-order valence-electron chi connectivity index (χ3n) is 3.64. The fraction of sp³-hybridized carbons (Fsp3) is 0.357. The Labute approximate surface area is 129 Å². The second-order valence-electron chi connectivity index (χ2n) is 5.22. The SMILES string of the molecule is Nc1c(C2=CCC(O)CC2)c(C(F)(F)F)nn1-c1ncccn1. The van der Waals surface area contributed by atoms with E-state index in [4.69, 9.17) is 5.73 Å². The standard InChI is InChI=1S/C14H14F3N5O/c15-14(16,17)11-10(8-2-4-9(23)5-3-8)12(18)22(21-11)13-19-6-1-7-20-13/h1-2,6-7,9,23H,3-5,18H2. The lowest BCUT2D eigenvalue weighted by Crippen LogP contribution is -2.13. The maximum absolute atomic E-state index is 13.3. The Morgan fingerprint density at radius 2 is 1.96 bits per heavy atom. The van der Waals surface area contributed by atoms with Gasteiger partial charge in [0, 0.05) is 12.4 Å². The summed E-state index contributed by atoms with van der Waals surface area (Å²) in [5.74, 6) is -0.190. The molecule has 0 aromatic carbocycles. The molecule has 2 aromatic heterocycles. The molecule has 0 radical (unpaired) electrons. The van der Waals surface area contributed by atoms with Crippen molar-refractivity contribution in [3.8, 4) is 5.95 Å². The molecule has 0 saturated heterocycles. The van der Waals surface area contributed by atoms with Gasteiger partial charge in [0.15, 0.2) is 5.69 Å². The van der Waals surface area contributed by atoms with Crippen LogP contribution in [0.2, 0.25) is 0 Å². The molecular formula is C14H14F3N5O. The van der Waals surface area contributed by atoms with E-state index >= 15 is 0 Å². The second kappa shape index (κ2) is 5.65. The lowest BCUT2D eigenvalue weighted by atomic mass is 9.91. The van der Waals surface area contributed by atoms with Crippen molar-refractivity contribution in [3.63, 3.8) is 0 Å². The number of rotatable bonds is 2. The van der Waals surface area contributed by atoms with Crippen molar-refractivity contribution >= 4 is 11.4 Å². The molecule has 1 atom stereocenters. The molecule has 1 unspecified atom stereocenters. The summed E-state index contributed by atoms with van der Waals surface area (Å²) in [5, 5.41) is 13.1. The number of nitrogens with two attached hydrogens (primary N) is 1. The van der Waals surface area contributed by atoms with Crippen LogP contribution in [0.1, 0.15) is 30.5 Å². The molecule has 122 valence electrons. The van der Waals surface area contributed by atoms with Crippen LogP contribution >= 0.6 is 0 Å². The summed E-state index contributed by atoms with van der Waals surface area (Å²) in [6.07, 6.45) is 0.152. The predicted molar refractivity (Wildman–Crippen MR) is 76.4 cm³/mol. The lowest BCUT2D eigenvalue weighted by Gasteiger charge is -2.18. The van der Waals surface area contributed by atoms with E-state index in [2.05, 4.69) is 15.1 Å². The van der Waals surface area contributed by atoms with Crippen molar-refractivity contribution in [3.05, 3.63) is 35.8 Å². The molecule has 0 amide bonds. The molecule has 3 N–H and O–H groups in total. The van der Waals surface area contributed by atoms with E-state index in [0.717, 1.165) is 4.68 Å². The van der Waals surface area contributed by atoms with Crippen molar-refractivity contribution < 1.29 is 18.3 Å². The van der Waals surface area contributed by atoms with Crippen molar-refractivity contribution in [2.75, 3.05) is 5.73 Å². The van der Waals surface area contributed by atoms with Gasteiger partial charge in [-0.1, -0.05) is 6.08 Å². The smallest absolute Gasteiger partial charge is 0.393 e. The van der Waals surface area contributed by atoms with Gasteiger partial charge in [-0.15, -0.1) is 0 Å². The van der Waals surface area contributed by atoms with Gasteiger partial charge in [-0.2, -0.15) is 23.0 Å². The average molecular weight is 325 g/mol. The van der Waals surface area contributed by atoms with E-state index in [1.165, 1.54) is 12.4 Å². The maximum Gasteiger partial charge on any atom is 0.435 e. The fourth-order valence-corrected chi connectivity index (χ4v) is 2.55. The van der Waals surface area contributed by atoms with Gasteiger partial charge in [0.1, 0.15) is 5.82 Å². The number of aromatic nitrogens is 4. The van der Waals surface area contributed by atoms with E-state index in [1.807, 2.05) is 0 Å². The number of hydrogen-bond donors (Lipinski definition) is 2. The summed E-state index contributed by atoms with van der Waals surface area (Å²) in [7, 11) is 0. The number of aliphatic hydroxyl groups is 1. The van der Waals surface area contributed by atoms with Gasteiger partial charge < -0.3 is 10.8 Å². The summed E-state index contributed by atoms with van der Waals surface area (Å²) in [5.41, 5.74) is 5.13. The minimum atomic E-state index is -4.65. The van der Waals surface area contributed by atoms with Crippen molar-refractivity contribution in [2.45, 2.75) is 31.5 Å². The van der Waals surface area contributed by atoms with Crippen LogP contribution < -0.4 is 5.73 Å². The fourth-order valence-electron chi connectivity index (χ4n) is 2.55. The van der Waals surface area contributed by atoms with Crippen LogP contribution in [0.15, 0.2) is 24.5 Å². The van der Waals surface area contributed by atoms with E-state index in [0.29, 0.717) is 24.8 Å². The van der Waals surface area contributed by atoms with Gasteiger partial charge in [0.25, 0.3) is 5.95 Å². The molecule has 0 aliphatic heterocycles. The number of halogens is 3. The monoisotopic (exact) mass is 325 g/mol. The summed E-state index contributed by atoms with van der Waals surface area (Å²) >= 11 is 0. The van der Waals surface area contributed by atoms with Crippen LogP contribution in [0.5, 0.6) is 0 Å². The molecule has 1 aliphatic rings. The Bertz CT molecular complexity index is 739. The number of allylic oxidation sites excluding steroid dienone is 1. The number of nitrogen functional groups attached to an aromatic ring is 1. The molecule has 0 saturated carbocycles. The van der Waals surface area contributed by atoms with Gasteiger partial charge in [0.05, 0.1) is 11.7 Å². The first-order chi connectivity index (χ1) is 10.9. The van der Waals surface area contributed by atoms with Crippen LogP contribution in [0.25, 0.3) is 11.5 Å². The van der Waals surface area contributed by atoms with E-state index in [-0.39, 0.29) is 17.3 Å². The topological polar surface area (TPSA) is 89.8 Å². The number of alkyl halides is 3. The molecule has 23 heavy (non-hydrogen) atoms. The highest BCUT2D eigenvalue weighted by molar-refractivity contribution is 5.77. The predicted octanol–water partition coefficient (Wildman–Crippen LogP) is 2.19. The molecule has 0 fully saturated rings. The first-order valence-electron chi connectivity index (χ1n) is 6.98. The Hall–Kier alpha value is -2.42. The third kappa shape index (κ3) is 2.91. The highest BCUT2D eigenvalue weighted by Crippen LogP contribution is 2.40. The molecule has 1 aliphatic carbocycles. The average Bonchev–Trinajstić information content (AvgIpc) is 2.87. The Morgan fingerprint density at radius 3 is 2.52 bits per heavy atom. The van der Waals surface area contributed by atoms with Crippen LogP contribution in [0.4, 0.5) is 19.0 Å². The largest absolute Gasteiger partial charge is 0.435 e. The highest BCUT2D eigenvalue weighted by Gasteiger charge is 2.40. The first-order valence-corrected chi connectivity index (χ1v) is 6.98. The molecule has 6 nitrogen and oxygen atoms in total. The van der Waals surface area contributed by atoms with Crippen molar-refractivity contribution in [1.82, 2.24) is 19.7 Å². The number of nitrogens with zero attached hydrogens (tertiary/aromatic N) is 4. The molecule has 2 aromatic rings. The van der Waals surface area contributed by atoms with Crippen LogP contribution in [-0.4, -0.2) is 31.0 Å². The Kier molecular flexibility index (Phi) is 3.80. The summed E-state index contributed by atoms with van der Waals surface area (Å²) in [6, 6.07) is 1.54. The van der Waals surface area contributed by atoms with Crippen LogP contribution in [0.3, 0.4) is 0 Å².